The Labute approximate surface area is 145 Å². The number of amides is 1. The Hall–Kier alpha value is -3.14. The molecule has 4 heteroatoms. The SMILES string of the molecule is CCc1ccc(NC(=O)c2cc3ccc4ccc(C)[nH]c4c3n2)cc1. The van der Waals surface area contributed by atoms with Crippen LogP contribution in [0.2, 0.25) is 0 Å². The third kappa shape index (κ3) is 2.87. The highest BCUT2D eigenvalue weighted by Gasteiger charge is 2.13. The Morgan fingerprint density at radius 1 is 1.04 bits per heavy atom. The number of anilines is 1. The fourth-order valence-electron chi connectivity index (χ4n) is 3.02. The van der Waals surface area contributed by atoms with Gasteiger partial charge < -0.3 is 10.3 Å². The summed E-state index contributed by atoms with van der Waals surface area (Å²) in [6.45, 7) is 4.12. The molecule has 2 aromatic carbocycles. The zero-order valence-electron chi connectivity index (χ0n) is 14.3. The molecule has 0 aliphatic heterocycles. The van der Waals surface area contributed by atoms with Crippen LogP contribution in [0.1, 0.15) is 28.7 Å². The minimum Gasteiger partial charge on any atom is -0.357 e. The molecule has 0 radical (unpaired) electrons. The Morgan fingerprint density at radius 2 is 1.76 bits per heavy atom. The molecule has 0 unspecified atom stereocenters. The van der Waals surface area contributed by atoms with Crippen LogP contribution < -0.4 is 5.32 Å². The number of aromatic nitrogens is 2. The average Bonchev–Trinajstić information content (AvgIpc) is 3.07. The van der Waals surface area contributed by atoms with E-state index in [0.29, 0.717) is 5.69 Å². The van der Waals surface area contributed by atoms with Crippen LogP contribution in [0, 0.1) is 6.92 Å². The highest BCUT2D eigenvalue weighted by molar-refractivity contribution is 6.10. The molecule has 2 heterocycles. The second kappa shape index (κ2) is 6.06. The van der Waals surface area contributed by atoms with E-state index in [1.807, 2.05) is 55.5 Å². The third-order valence-corrected chi connectivity index (χ3v) is 4.45. The van der Waals surface area contributed by atoms with E-state index in [9.17, 15) is 4.79 Å². The van der Waals surface area contributed by atoms with Gasteiger partial charge in [0.1, 0.15) is 5.69 Å². The maximum Gasteiger partial charge on any atom is 0.274 e. The van der Waals surface area contributed by atoms with Crippen molar-refractivity contribution in [2.24, 2.45) is 0 Å². The van der Waals surface area contributed by atoms with Gasteiger partial charge in [-0.15, -0.1) is 0 Å². The zero-order valence-corrected chi connectivity index (χ0v) is 14.3. The van der Waals surface area contributed by atoms with Crippen LogP contribution in [0.25, 0.3) is 21.8 Å². The molecule has 4 rings (SSSR count). The molecule has 0 aliphatic carbocycles. The van der Waals surface area contributed by atoms with Gasteiger partial charge in [-0.2, -0.15) is 0 Å². The van der Waals surface area contributed by atoms with Gasteiger partial charge in [0, 0.05) is 22.2 Å². The molecule has 124 valence electrons. The highest BCUT2D eigenvalue weighted by atomic mass is 16.1. The minimum absolute atomic E-state index is 0.193. The number of nitrogens with one attached hydrogen (secondary N) is 2. The molecule has 0 fully saturated rings. The molecule has 0 spiro atoms. The molecule has 0 aliphatic rings. The van der Waals surface area contributed by atoms with Crippen molar-refractivity contribution in [1.29, 1.82) is 0 Å². The maximum absolute atomic E-state index is 12.6. The molecule has 0 saturated heterocycles. The lowest BCUT2D eigenvalue weighted by Crippen LogP contribution is -2.12. The first kappa shape index (κ1) is 15.4. The van der Waals surface area contributed by atoms with Crippen molar-refractivity contribution in [3.05, 3.63) is 71.5 Å². The van der Waals surface area contributed by atoms with Crippen LogP contribution in [-0.2, 0) is 6.42 Å². The van der Waals surface area contributed by atoms with Crippen molar-refractivity contribution < 1.29 is 4.79 Å². The lowest BCUT2D eigenvalue weighted by atomic mass is 10.1. The summed E-state index contributed by atoms with van der Waals surface area (Å²) in [6, 6.07) is 17.9. The van der Waals surface area contributed by atoms with E-state index in [4.69, 9.17) is 0 Å². The second-order valence-corrected chi connectivity index (χ2v) is 6.25. The standard InChI is InChI=1S/C21H19N3O/c1-3-14-5-10-17(11-6-14)23-21(25)18-12-16-9-8-15-7-4-13(2)22-19(15)20(16)24-18/h4-12,22H,3H2,1-2H3,(H,23,25). The van der Waals surface area contributed by atoms with E-state index >= 15 is 0 Å². The topological polar surface area (TPSA) is 57.8 Å². The Balaban J connectivity index is 1.69. The Bertz CT molecular complexity index is 1080. The van der Waals surface area contributed by atoms with E-state index in [1.165, 1.54) is 5.56 Å². The number of pyridine rings is 1. The van der Waals surface area contributed by atoms with Crippen LogP contribution in [0.15, 0.2) is 54.6 Å². The van der Waals surface area contributed by atoms with E-state index in [0.717, 1.165) is 39.6 Å². The molecule has 4 nitrogen and oxygen atoms in total. The minimum atomic E-state index is -0.193. The molecule has 2 N–H and O–H groups in total. The predicted octanol–water partition coefficient (Wildman–Crippen LogP) is 4.84. The number of aromatic amines is 1. The Kier molecular flexibility index (Phi) is 3.73. The van der Waals surface area contributed by atoms with Gasteiger partial charge >= 0.3 is 0 Å². The molecular formula is C21H19N3O. The highest BCUT2D eigenvalue weighted by Crippen LogP contribution is 2.25. The average molecular weight is 329 g/mol. The number of hydrogen-bond donors (Lipinski definition) is 2. The van der Waals surface area contributed by atoms with Crippen molar-refractivity contribution in [1.82, 2.24) is 9.97 Å². The number of rotatable bonds is 3. The summed E-state index contributed by atoms with van der Waals surface area (Å²) in [5.41, 5.74) is 5.30. The van der Waals surface area contributed by atoms with Gasteiger partial charge in [0.15, 0.2) is 0 Å². The normalized spacial score (nSPS) is 11.1. The van der Waals surface area contributed by atoms with Crippen molar-refractivity contribution in [3.8, 4) is 0 Å². The fourth-order valence-corrected chi connectivity index (χ4v) is 3.02. The molecular weight excluding hydrogens is 310 g/mol. The summed E-state index contributed by atoms with van der Waals surface area (Å²) in [4.78, 5) is 20.5. The Morgan fingerprint density at radius 3 is 2.52 bits per heavy atom. The van der Waals surface area contributed by atoms with Crippen LogP contribution in [0.3, 0.4) is 0 Å². The van der Waals surface area contributed by atoms with Gasteiger partial charge in [-0.1, -0.05) is 37.3 Å². The van der Waals surface area contributed by atoms with Crippen LogP contribution in [-0.4, -0.2) is 15.9 Å². The largest absolute Gasteiger partial charge is 0.357 e. The van der Waals surface area contributed by atoms with Crippen LogP contribution >= 0.6 is 0 Å². The predicted molar refractivity (Wildman–Crippen MR) is 102 cm³/mol. The van der Waals surface area contributed by atoms with Crippen molar-refractivity contribution >= 4 is 33.4 Å². The number of aryl methyl sites for hydroxylation is 2. The number of nitrogens with zero attached hydrogens (tertiary/aromatic N) is 1. The number of benzene rings is 2. The smallest absolute Gasteiger partial charge is 0.274 e. The molecule has 0 bridgehead atoms. The van der Waals surface area contributed by atoms with Gasteiger partial charge in [-0.3, -0.25) is 4.79 Å². The first-order chi connectivity index (χ1) is 12.1. The summed E-state index contributed by atoms with van der Waals surface area (Å²) in [7, 11) is 0. The van der Waals surface area contributed by atoms with Crippen LogP contribution in [0.4, 0.5) is 5.69 Å². The van der Waals surface area contributed by atoms with Gasteiger partial charge in [0.25, 0.3) is 5.91 Å². The summed E-state index contributed by atoms with van der Waals surface area (Å²) < 4.78 is 0. The lowest BCUT2D eigenvalue weighted by molar-refractivity contribution is 0.102. The van der Waals surface area contributed by atoms with Crippen molar-refractivity contribution in [2.75, 3.05) is 5.32 Å². The quantitative estimate of drug-likeness (QED) is 0.565. The number of fused-ring (bicyclic) bond motifs is 3. The van der Waals surface area contributed by atoms with Crippen molar-refractivity contribution in [3.63, 3.8) is 0 Å². The molecule has 4 aromatic rings. The van der Waals surface area contributed by atoms with E-state index < -0.39 is 0 Å². The van der Waals surface area contributed by atoms with Gasteiger partial charge in [0.2, 0.25) is 0 Å². The summed E-state index contributed by atoms with van der Waals surface area (Å²) in [5.74, 6) is -0.193. The number of H-pyrrole nitrogens is 1. The first-order valence-electron chi connectivity index (χ1n) is 8.43. The lowest BCUT2D eigenvalue weighted by Gasteiger charge is -2.04. The molecule has 0 atom stereocenters. The molecule has 2 aromatic heterocycles. The molecule has 0 saturated carbocycles. The first-order valence-corrected chi connectivity index (χ1v) is 8.43. The second-order valence-electron chi connectivity index (χ2n) is 6.25. The van der Waals surface area contributed by atoms with Gasteiger partial charge in [-0.05, 0) is 43.2 Å². The van der Waals surface area contributed by atoms with E-state index in [-0.39, 0.29) is 5.91 Å². The molecule has 1 amide bonds. The molecule has 25 heavy (non-hydrogen) atoms. The summed E-state index contributed by atoms with van der Waals surface area (Å²) >= 11 is 0. The zero-order chi connectivity index (χ0) is 17.4. The van der Waals surface area contributed by atoms with Gasteiger partial charge in [-0.25, -0.2) is 4.98 Å². The van der Waals surface area contributed by atoms with Gasteiger partial charge in [0.05, 0.1) is 11.0 Å². The van der Waals surface area contributed by atoms with Crippen molar-refractivity contribution in [2.45, 2.75) is 20.3 Å². The number of carbonyl (C=O) groups is 1. The monoisotopic (exact) mass is 329 g/mol. The van der Waals surface area contributed by atoms with Crippen LogP contribution in [0.5, 0.6) is 0 Å². The number of hydrogen-bond acceptors (Lipinski definition) is 2. The van der Waals surface area contributed by atoms with E-state index in [1.54, 1.807) is 0 Å². The summed E-state index contributed by atoms with van der Waals surface area (Å²) in [5, 5.41) is 4.96. The summed E-state index contributed by atoms with van der Waals surface area (Å²) in [6.07, 6.45) is 0.979. The van der Waals surface area contributed by atoms with E-state index in [2.05, 4.69) is 28.3 Å². The fraction of sp³-hybridized carbons (Fsp3) is 0.143. The third-order valence-electron chi connectivity index (χ3n) is 4.45. The number of carbonyl (C=O) groups excluding carboxylic acids is 1. The maximum atomic E-state index is 12.6.